The highest BCUT2D eigenvalue weighted by atomic mass is 32.1. The normalized spacial score (nSPS) is 11.5. The molecule has 2 amide bonds. The molecule has 3 N–H and O–H groups in total. The van der Waals surface area contributed by atoms with E-state index in [4.69, 9.17) is 21.7 Å². The number of methoxy groups -OCH3 is 2. The molecule has 0 fully saturated rings. The van der Waals surface area contributed by atoms with E-state index in [2.05, 4.69) is 16.0 Å². The Morgan fingerprint density at radius 2 is 1.74 bits per heavy atom. The van der Waals surface area contributed by atoms with Gasteiger partial charge in [-0.25, -0.2) is 0 Å². The fraction of sp³-hybridized carbons (Fsp3) is 0.261. The molecule has 0 radical (unpaired) electrons. The van der Waals surface area contributed by atoms with E-state index >= 15 is 0 Å². The minimum absolute atomic E-state index is 0.111. The van der Waals surface area contributed by atoms with Crippen LogP contribution in [0.3, 0.4) is 0 Å². The fourth-order valence-electron chi connectivity index (χ4n) is 2.56. The molecule has 164 valence electrons. The summed E-state index contributed by atoms with van der Waals surface area (Å²) in [6, 6.07) is 12.3. The van der Waals surface area contributed by atoms with Gasteiger partial charge in [-0.15, -0.1) is 0 Å². The highest BCUT2D eigenvalue weighted by Crippen LogP contribution is 2.27. The number of carbonyl (C=O) groups is 2. The van der Waals surface area contributed by atoms with Crippen LogP contribution in [0.2, 0.25) is 0 Å². The molecule has 8 heteroatoms. The van der Waals surface area contributed by atoms with Crippen LogP contribution >= 0.6 is 12.2 Å². The predicted molar refractivity (Wildman–Crippen MR) is 127 cm³/mol. The van der Waals surface area contributed by atoms with E-state index in [1.807, 2.05) is 13.8 Å². The van der Waals surface area contributed by atoms with Gasteiger partial charge in [-0.2, -0.15) is 0 Å². The quantitative estimate of drug-likeness (QED) is 0.427. The minimum Gasteiger partial charge on any atom is -0.493 e. The zero-order valence-electron chi connectivity index (χ0n) is 18.0. The summed E-state index contributed by atoms with van der Waals surface area (Å²) < 4.78 is 10.4. The maximum atomic E-state index is 12.1. The number of nitrogens with one attached hydrogen (secondary N) is 3. The van der Waals surface area contributed by atoms with Crippen molar-refractivity contribution in [1.29, 1.82) is 0 Å². The second-order valence-corrected chi connectivity index (χ2v) is 7.16. The van der Waals surface area contributed by atoms with Gasteiger partial charge in [0.2, 0.25) is 5.91 Å². The Morgan fingerprint density at radius 3 is 2.35 bits per heavy atom. The average Bonchev–Trinajstić information content (AvgIpc) is 2.77. The number of hydrogen-bond donors (Lipinski definition) is 3. The summed E-state index contributed by atoms with van der Waals surface area (Å²) >= 11 is 5.18. The van der Waals surface area contributed by atoms with E-state index in [0.29, 0.717) is 22.7 Å². The predicted octanol–water partition coefficient (Wildman–Crippen LogP) is 3.76. The summed E-state index contributed by atoms with van der Waals surface area (Å²) in [5, 5.41) is 8.56. The molecule has 0 bridgehead atoms. The minimum atomic E-state index is -0.378. The first-order valence-corrected chi connectivity index (χ1v) is 10.2. The molecule has 0 saturated carbocycles. The van der Waals surface area contributed by atoms with E-state index in [9.17, 15) is 9.59 Å². The molecule has 0 spiro atoms. The Morgan fingerprint density at radius 1 is 1.06 bits per heavy atom. The van der Waals surface area contributed by atoms with E-state index in [-0.39, 0.29) is 23.0 Å². The molecule has 31 heavy (non-hydrogen) atoms. The van der Waals surface area contributed by atoms with Crippen LogP contribution in [0.1, 0.15) is 36.2 Å². The maximum absolute atomic E-state index is 12.1. The van der Waals surface area contributed by atoms with Crippen molar-refractivity contribution in [2.75, 3.05) is 19.5 Å². The van der Waals surface area contributed by atoms with Crippen molar-refractivity contribution in [1.82, 2.24) is 10.6 Å². The van der Waals surface area contributed by atoms with E-state index < -0.39 is 0 Å². The van der Waals surface area contributed by atoms with Crippen LogP contribution in [0.4, 0.5) is 5.69 Å². The maximum Gasteiger partial charge on any atom is 0.251 e. The molecule has 2 aromatic carbocycles. The van der Waals surface area contributed by atoms with Crippen molar-refractivity contribution in [3.8, 4) is 11.5 Å². The highest BCUT2D eigenvalue weighted by Gasteiger charge is 2.09. The molecule has 0 aromatic heterocycles. The summed E-state index contributed by atoms with van der Waals surface area (Å²) in [4.78, 5) is 24.3. The lowest BCUT2D eigenvalue weighted by Gasteiger charge is -2.12. The molecule has 0 saturated heterocycles. The first-order chi connectivity index (χ1) is 14.9. The number of carbonyl (C=O) groups excluding carboxylic acids is 2. The van der Waals surface area contributed by atoms with Gasteiger partial charge in [0.25, 0.3) is 5.91 Å². The topological polar surface area (TPSA) is 88.7 Å². The zero-order chi connectivity index (χ0) is 22.8. The van der Waals surface area contributed by atoms with Crippen LogP contribution in [-0.4, -0.2) is 37.2 Å². The van der Waals surface area contributed by atoms with Crippen LogP contribution < -0.4 is 25.4 Å². The number of benzene rings is 2. The molecule has 1 unspecified atom stereocenters. The van der Waals surface area contributed by atoms with Gasteiger partial charge in [-0.1, -0.05) is 13.0 Å². The largest absolute Gasteiger partial charge is 0.493 e. The lowest BCUT2D eigenvalue weighted by Crippen LogP contribution is -2.33. The summed E-state index contributed by atoms with van der Waals surface area (Å²) in [5.41, 5.74) is 1.99. The number of amides is 2. The molecule has 2 aromatic rings. The molecule has 7 nitrogen and oxygen atoms in total. The summed E-state index contributed by atoms with van der Waals surface area (Å²) in [7, 11) is 3.11. The first kappa shape index (κ1) is 23.9. The zero-order valence-corrected chi connectivity index (χ0v) is 18.8. The van der Waals surface area contributed by atoms with Gasteiger partial charge in [0.15, 0.2) is 16.6 Å². The van der Waals surface area contributed by atoms with Crippen molar-refractivity contribution in [2.24, 2.45) is 0 Å². The molecular formula is C23H27N3O4S. The van der Waals surface area contributed by atoms with E-state index in [1.165, 1.54) is 6.08 Å². The second kappa shape index (κ2) is 11.7. The Bertz CT molecular complexity index is 958. The average molecular weight is 442 g/mol. The van der Waals surface area contributed by atoms with Gasteiger partial charge in [-0.05, 0) is 73.6 Å². The van der Waals surface area contributed by atoms with Gasteiger partial charge >= 0.3 is 0 Å². The van der Waals surface area contributed by atoms with Crippen LogP contribution in [0.5, 0.6) is 11.5 Å². The summed E-state index contributed by atoms with van der Waals surface area (Å²) in [6.07, 6.45) is 3.88. The van der Waals surface area contributed by atoms with Gasteiger partial charge in [0.1, 0.15) is 0 Å². The summed E-state index contributed by atoms with van der Waals surface area (Å²) in [6.45, 7) is 3.96. The van der Waals surface area contributed by atoms with Crippen LogP contribution in [0.15, 0.2) is 48.5 Å². The van der Waals surface area contributed by atoms with Crippen molar-refractivity contribution in [2.45, 2.75) is 26.3 Å². The molecule has 0 aliphatic carbocycles. The lowest BCUT2D eigenvalue weighted by atomic mass is 10.1. The van der Waals surface area contributed by atoms with Gasteiger partial charge in [0, 0.05) is 23.4 Å². The van der Waals surface area contributed by atoms with Gasteiger partial charge in [-0.3, -0.25) is 14.9 Å². The monoisotopic (exact) mass is 441 g/mol. The SMILES string of the molecule is CCC(C)NC(=O)c1ccc(NC(=S)NC(=O)/C=C/c2ccc(OC)c(OC)c2)cc1. The molecule has 0 aliphatic rings. The summed E-state index contributed by atoms with van der Waals surface area (Å²) in [5.74, 6) is 0.676. The first-order valence-electron chi connectivity index (χ1n) is 9.79. The number of hydrogen-bond acceptors (Lipinski definition) is 5. The number of rotatable bonds is 8. The third-order valence-electron chi connectivity index (χ3n) is 4.47. The van der Waals surface area contributed by atoms with Crippen molar-refractivity contribution in [3.05, 3.63) is 59.7 Å². The fourth-order valence-corrected chi connectivity index (χ4v) is 2.78. The number of ether oxygens (including phenoxy) is 2. The number of anilines is 1. The van der Waals surface area contributed by atoms with Crippen molar-refractivity contribution < 1.29 is 19.1 Å². The van der Waals surface area contributed by atoms with Crippen LogP contribution in [0, 0.1) is 0 Å². The van der Waals surface area contributed by atoms with Gasteiger partial charge in [0.05, 0.1) is 14.2 Å². The molecule has 0 aliphatic heterocycles. The Hall–Kier alpha value is -3.39. The van der Waals surface area contributed by atoms with Crippen LogP contribution in [-0.2, 0) is 4.79 Å². The Balaban J connectivity index is 1.90. The van der Waals surface area contributed by atoms with Crippen LogP contribution in [0.25, 0.3) is 6.08 Å². The molecule has 0 heterocycles. The second-order valence-electron chi connectivity index (χ2n) is 6.75. The molecule has 2 rings (SSSR count). The smallest absolute Gasteiger partial charge is 0.251 e. The van der Waals surface area contributed by atoms with Crippen molar-refractivity contribution >= 4 is 40.9 Å². The Kier molecular flexibility index (Phi) is 9.02. The third-order valence-corrected chi connectivity index (χ3v) is 4.67. The molecular weight excluding hydrogens is 414 g/mol. The number of thiocarbonyl (C=S) groups is 1. The Labute approximate surface area is 187 Å². The van der Waals surface area contributed by atoms with E-state index in [1.54, 1.807) is 62.8 Å². The van der Waals surface area contributed by atoms with Crippen molar-refractivity contribution in [3.63, 3.8) is 0 Å². The highest BCUT2D eigenvalue weighted by molar-refractivity contribution is 7.80. The third kappa shape index (κ3) is 7.42. The van der Waals surface area contributed by atoms with E-state index in [0.717, 1.165) is 12.0 Å². The van der Waals surface area contributed by atoms with Gasteiger partial charge < -0.3 is 20.1 Å². The lowest BCUT2D eigenvalue weighted by molar-refractivity contribution is -0.115. The molecule has 1 atom stereocenters. The standard InChI is InChI=1S/C23H27N3O4S/c1-5-15(2)24-22(28)17-8-10-18(11-9-17)25-23(31)26-21(27)13-7-16-6-12-19(29-3)20(14-16)30-4/h6-15H,5H2,1-4H3,(H,24,28)(H2,25,26,27,31)/b13-7+.